The van der Waals surface area contributed by atoms with E-state index in [9.17, 15) is 13.2 Å². The number of imidazole rings is 1. The number of hydrogen-bond donors (Lipinski definition) is 1. The highest BCUT2D eigenvalue weighted by Gasteiger charge is 2.34. The lowest BCUT2D eigenvalue weighted by molar-refractivity contribution is -0.136. The van der Waals surface area contributed by atoms with Gasteiger partial charge in [0.2, 0.25) is 0 Å². The van der Waals surface area contributed by atoms with Crippen molar-refractivity contribution in [1.29, 1.82) is 0 Å². The highest BCUT2D eigenvalue weighted by Crippen LogP contribution is 2.38. The third-order valence-corrected chi connectivity index (χ3v) is 3.32. The van der Waals surface area contributed by atoms with E-state index in [4.69, 9.17) is 11.6 Å². The van der Waals surface area contributed by atoms with Crippen molar-refractivity contribution in [3.8, 4) is 0 Å². The Balaban J connectivity index is 2.22. The fraction of sp³-hybridized carbons (Fsp3) is 0.357. The van der Waals surface area contributed by atoms with Gasteiger partial charge in [0.15, 0.2) is 0 Å². The molecule has 1 aromatic heterocycles. The van der Waals surface area contributed by atoms with Crippen LogP contribution in [0.3, 0.4) is 0 Å². The zero-order valence-electron chi connectivity index (χ0n) is 11.4. The van der Waals surface area contributed by atoms with Gasteiger partial charge in [0, 0.05) is 18.9 Å². The van der Waals surface area contributed by atoms with Gasteiger partial charge in [-0.25, -0.2) is 4.98 Å². The van der Waals surface area contributed by atoms with E-state index in [1.54, 1.807) is 12.4 Å². The minimum absolute atomic E-state index is 0.0402. The van der Waals surface area contributed by atoms with Crippen molar-refractivity contribution in [2.45, 2.75) is 32.6 Å². The average Bonchev–Trinajstić information content (AvgIpc) is 2.84. The maximum Gasteiger partial charge on any atom is 0.418 e. The van der Waals surface area contributed by atoms with Gasteiger partial charge < -0.3 is 9.88 Å². The molecule has 0 aliphatic heterocycles. The van der Waals surface area contributed by atoms with Gasteiger partial charge in [-0.1, -0.05) is 24.6 Å². The molecule has 2 aromatic rings. The number of benzene rings is 1. The molecule has 0 atom stereocenters. The zero-order chi connectivity index (χ0) is 15.5. The molecule has 21 heavy (non-hydrogen) atoms. The van der Waals surface area contributed by atoms with Gasteiger partial charge in [-0.05, 0) is 18.6 Å². The molecule has 0 aliphatic carbocycles. The Bertz CT molecular complexity index is 608. The predicted molar refractivity (Wildman–Crippen MR) is 76.3 cm³/mol. The van der Waals surface area contributed by atoms with Gasteiger partial charge in [0.25, 0.3) is 0 Å². The second kappa shape index (κ2) is 6.39. The van der Waals surface area contributed by atoms with E-state index in [1.165, 1.54) is 12.1 Å². The minimum Gasteiger partial charge on any atom is -0.376 e. The summed E-state index contributed by atoms with van der Waals surface area (Å²) in [6.45, 7) is 2.97. The Morgan fingerprint density at radius 2 is 2.10 bits per heavy atom. The molecule has 0 aliphatic rings. The molecule has 114 valence electrons. The lowest BCUT2D eigenvalue weighted by atomic mass is 10.1. The quantitative estimate of drug-likeness (QED) is 0.875. The summed E-state index contributed by atoms with van der Waals surface area (Å²) in [6, 6.07) is 3.72. The second-order valence-electron chi connectivity index (χ2n) is 4.55. The molecule has 0 saturated heterocycles. The first-order valence-electron chi connectivity index (χ1n) is 6.53. The van der Waals surface area contributed by atoms with Crippen LogP contribution in [0.25, 0.3) is 0 Å². The summed E-state index contributed by atoms with van der Waals surface area (Å²) >= 11 is 5.89. The summed E-state index contributed by atoms with van der Waals surface area (Å²) in [5.74, 6) is 0.671. The number of anilines is 1. The van der Waals surface area contributed by atoms with E-state index in [-0.39, 0.29) is 17.3 Å². The lowest BCUT2D eigenvalue weighted by Crippen LogP contribution is -2.13. The van der Waals surface area contributed by atoms with Crippen LogP contribution in [0.2, 0.25) is 5.02 Å². The first-order valence-corrected chi connectivity index (χ1v) is 6.91. The molecule has 2 rings (SSSR count). The number of nitrogens with one attached hydrogen (secondary N) is 1. The zero-order valence-corrected chi connectivity index (χ0v) is 12.2. The van der Waals surface area contributed by atoms with Crippen LogP contribution in [0.1, 0.15) is 24.7 Å². The Kier molecular flexibility index (Phi) is 4.77. The number of halogens is 4. The van der Waals surface area contributed by atoms with Gasteiger partial charge >= 0.3 is 6.18 Å². The van der Waals surface area contributed by atoms with E-state index in [0.29, 0.717) is 5.82 Å². The molecule has 7 heteroatoms. The molecule has 1 aromatic carbocycles. The van der Waals surface area contributed by atoms with Crippen molar-refractivity contribution >= 4 is 17.3 Å². The molecule has 0 radical (unpaired) electrons. The highest BCUT2D eigenvalue weighted by atomic mass is 35.5. The van der Waals surface area contributed by atoms with E-state index < -0.39 is 11.7 Å². The Hall–Kier alpha value is -1.69. The van der Waals surface area contributed by atoms with Crippen LogP contribution in [0, 0.1) is 0 Å². The normalized spacial score (nSPS) is 11.7. The molecule has 0 fully saturated rings. The number of aryl methyl sites for hydroxylation is 1. The fourth-order valence-electron chi connectivity index (χ4n) is 2.06. The van der Waals surface area contributed by atoms with Gasteiger partial charge in [-0.2, -0.15) is 13.2 Å². The summed E-state index contributed by atoms with van der Waals surface area (Å²) in [4.78, 5) is 4.15. The number of para-hydroxylation sites is 1. The van der Waals surface area contributed by atoms with Crippen LogP contribution in [0.5, 0.6) is 0 Å². The lowest BCUT2D eigenvalue weighted by Gasteiger charge is -2.16. The average molecular weight is 318 g/mol. The number of nitrogens with zero attached hydrogens (tertiary/aromatic N) is 2. The topological polar surface area (TPSA) is 29.9 Å². The maximum atomic E-state index is 13.0. The number of hydrogen-bond acceptors (Lipinski definition) is 2. The number of rotatable bonds is 5. The first kappa shape index (κ1) is 15.7. The largest absolute Gasteiger partial charge is 0.418 e. The van der Waals surface area contributed by atoms with Gasteiger partial charge in [0.1, 0.15) is 5.82 Å². The Morgan fingerprint density at radius 1 is 1.33 bits per heavy atom. The third kappa shape index (κ3) is 3.69. The van der Waals surface area contributed by atoms with Gasteiger partial charge in [-0.3, -0.25) is 0 Å². The Labute approximate surface area is 125 Å². The molecule has 0 spiro atoms. The smallest absolute Gasteiger partial charge is 0.376 e. The summed E-state index contributed by atoms with van der Waals surface area (Å²) in [5.41, 5.74) is -0.888. The monoisotopic (exact) mass is 317 g/mol. The number of aromatic nitrogens is 2. The summed E-state index contributed by atoms with van der Waals surface area (Å²) < 4.78 is 40.8. The summed E-state index contributed by atoms with van der Waals surface area (Å²) in [5, 5.41) is 2.79. The number of alkyl halides is 3. The van der Waals surface area contributed by atoms with Crippen LogP contribution >= 0.6 is 11.6 Å². The van der Waals surface area contributed by atoms with Crippen molar-refractivity contribution in [2.75, 3.05) is 5.32 Å². The molecular weight excluding hydrogens is 303 g/mol. The molecule has 1 heterocycles. The summed E-state index contributed by atoms with van der Waals surface area (Å²) in [7, 11) is 0. The van der Waals surface area contributed by atoms with Crippen LogP contribution in [-0.4, -0.2) is 9.55 Å². The maximum absolute atomic E-state index is 13.0. The van der Waals surface area contributed by atoms with E-state index in [2.05, 4.69) is 10.3 Å². The standard InChI is InChI=1S/C14H15ClF3N3/c1-2-7-21-8-6-19-12(21)9-20-13-10(14(16,17)18)4-3-5-11(13)15/h3-6,8,20H,2,7,9H2,1H3. The van der Waals surface area contributed by atoms with Crippen molar-refractivity contribution in [3.05, 3.63) is 47.0 Å². The highest BCUT2D eigenvalue weighted by molar-refractivity contribution is 6.33. The van der Waals surface area contributed by atoms with Crippen LogP contribution < -0.4 is 5.32 Å². The molecular formula is C14H15ClF3N3. The molecule has 0 bridgehead atoms. The molecule has 0 saturated carbocycles. The van der Waals surface area contributed by atoms with Crippen LogP contribution in [0.15, 0.2) is 30.6 Å². The second-order valence-corrected chi connectivity index (χ2v) is 4.96. The van der Waals surface area contributed by atoms with Crippen LogP contribution in [0.4, 0.5) is 18.9 Å². The van der Waals surface area contributed by atoms with E-state index in [0.717, 1.165) is 19.0 Å². The molecule has 0 unspecified atom stereocenters. The van der Waals surface area contributed by atoms with E-state index >= 15 is 0 Å². The minimum atomic E-state index is -4.45. The Morgan fingerprint density at radius 3 is 2.76 bits per heavy atom. The van der Waals surface area contributed by atoms with Crippen molar-refractivity contribution in [3.63, 3.8) is 0 Å². The summed E-state index contributed by atoms with van der Waals surface area (Å²) in [6.07, 6.45) is -0.100. The molecule has 1 N–H and O–H groups in total. The van der Waals surface area contributed by atoms with Crippen LogP contribution in [-0.2, 0) is 19.3 Å². The molecule has 0 amide bonds. The van der Waals surface area contributed by atoms with Crippen molar-refractivity contribution in [1.82, 2.24) is 9.55 Å². The van der Waals surface area contributed by atoms with Crippen molar-refractivity contribution < 1.29 is 13.2 Å². The SMILES string of the molecule is CCCn1ccnc1CNc1c(Cl)cccc1C(F)(F)F. The van der Waals surface area contributed by atoms with Gasteiger partial charge in [-0.15, -0.1) is 0 Å². The third-order valence-electron chi connectivity index (χ3n) is 3.01. The fourth-order valence-corrected chi connectivity index (χ4v) is 2.30. The van der Waals surface area contributed by atoms with Crippen molar-refractivity contribution in [2.24, 2.45) is 0 Å². The first-order chi connectivity index (χ1) is 9.93. The molecule has 3 nitrogen and oxygen atoms in total. The van der Waals surface area contributed by atoms with E-state index in [1.807, 2.05) is 11.5 Å². The predicted octanol–water partition coefficient (Wildman–Crippen LogP) is 4.58. The van der Waals surface area contributed by atoms with Gasteiger partial charge in [0.05, 0.1) is 22.8 Å².